The topological polar surface area (TPSA) is 61.4 Å². The molecule has 0 saturated heterocycles. The third kappa shape index (κ3) is 8.77. The Morgan fingerprint density at radius 2 is 0.583 bits per heavy atom. The van der Waals surface area contributed by atoms with Crippen LogP contribution in [0.25, 0.3) is 230 Å². The second-order valence-electron chi connectivity index (χ2n) is 28.7. The van der Waals surface area contributed by atoms with Gasteiger partial charge in [-0.3, -0.25) is 8.97 Å². The van der Waals surface area contributed by atoms with Crippen molar-refractivity contribution in [2.24, 2.45) is 0 Å². The number of fused-ring (bicyclic) bond motifs is 29. The van der Waals surface area contributed by atoms with Gasteiger partial charge in [0.15, 0.2) is 0 Å². The van der Waals surface area contributed by atoms with E-state index >= 15 is 0 Å². The third-order valence-electron chi connectivity index (χ3n) is 23.0. The fourth-order valence-corrected chi connectivity index (χ4v) is 18.5. The summed E-state index contributed by atoms with van der Waals surface area (Å²) in [6.07, 6.45) is 0.861. The van der Waals surface area contributed by atoms with Crippen LogP contribution in [0.15, 0.2) is 355 Å². The Kier molecular flexibility index (Phi) is 13.1. The molecule has 24 rings (SSSR count). The quantitative estimate of drug-likeness (QED) is 0.123. The van der Waals surface area contributed by atoms with Crippen molar-refractivity contribution in [1.29, 1.82) is 0 Å². The lowest BCUT2D eigenvalue weighted by Gasteiger charge is -2.18. The van der Waals surface area contributed by atoms with E-state index in [4.69, 9.17) is 18.8 Å². The van der Waals surface area contributed by atoms with Crippen LogP contribution in [-0.2, 0) is 6.42 Å². The average Bonchev–Trinajstić information content (AvgIpc) is 1.34. The largest absolute Gasteiger partial charge is 0.455 e. The van der Waals surface area contributed by atoms with Crippen molar-refractivity contribution >= 4 is 179 Å². The molecule has 502 valence electrons. The molecule has 24 aromatic rings. The van der Waals surface area contributed by atoms with Gasteiger partial charge in [0, 0.05) is 55.2 Å². The monoisotopic (exact) mass is 1370 g/mol. The van der Waals surface area contributed by atoms with Gasteiger partial charge >= 0.3 is 0 Å². The Balaban J connectivity index is 0.000000131. The smallest absolute Gasteiger partial charge is 0.146 e. The van der Waals surface area contributed by atoms with Crippen molar-refractivity contribution in [3.8, 4) is 50.2 Å². The van der Waals surface area contributed by atoms with E-state index in [1.54, 1.807) is 0 Å². The number of furan rings is 2. The molecule has 0 bridgehead atoms. The van der Waals surface area contributed by atoms with Gasteiger partial charge in [-0.1, -0.05) is 280 Å². The predicted octanol–water partition coefficient (Wildman–Crippen LogP) is 28.1. The molecule has 0 spiro atoms. The minimum atomic E-state index is 0.861. The molecule has 0 fully saturated rings. The van der Waals surface area contributed by atoms with Crippen LogP contribution in [-0.4, -0.2) is 18.9 Å². The first-order valence-corrected chi connectivity index (χ1v) is 37.2. The van der Waals surface area contributed by atoms with Crippen LogP contribution in [0.4, 0.5) is 0 Å². The van der Waals surface area contributed by atoms with Gasteiger partial charge < -0.3 is 8.83 Å². The second kappa shape index (κ2) is 23.4. The zero-order valence-electron chi connectivity index (χ0n) is 58.7. The van der Waals surface area contributed by atoms with Crippen LogP contribution in [0, 0.1) is 0 Å². The zero-order valence-corrected chi connectivity index (χ0v) is 58.7. The summed E-state index contributed by atoms with van der Waals surface area (Å²) in [6, 6.07) is 125. The number of aromatic nitrogens is 4. The lowest BCUT2D eigenvalue weighted by molar-refractivity contribution is 0.672. The van der Waals surface area contributed by atoms with Crippen LogP contribution in [0.2, 0.25) is 0 Å². The molecule has 0 N–H and O–H groups in total. The number of nitrogens with zero attached hydrogens (tertiary/aromatic N) is 4. The highest BCUT2D eigenvalue weighted by molar-refractivity contribution is 6.33. The maximum atomic E-state index is 6.87. The molecule has 0 aliphatic heterocycles. The number of hydrogen-bond acceptors (Lipinski definition) is 4. The van der Waals surface area contributed by atoms with Crippen molar-refractivity contribution in [2.45, 2.75) is 13.3 Å². The summed E-state index contributed by atoms with van der Waals surface area (Å²) in [5.74, 6) is 1.07. The first kappa shape index (κ1) is 60.2. The van der Waals surface area contributed by atoms with E-state index in [0.717, 1.165) is 112 Å². The maximum Gasteiger partial charge on any atom is 0.146 e. The molecule has 108 heavy (non-hydrogen) atoms. The van der Waals surface area contributed by atoms with E-state index in [9.17, 15) is 0 Å². The van der Waals surface area contributed by atoms with Gasteiger partial charge in [0.25, 0.3) is 0 Å². The molecule has 6 nitrogen and oxygen atoms in total. The molecule has 0 aliphatic carbocycles. The van der Waals surface area contributed by atoms with Crippen molar-refractivity contribution in [1.82, 2.24) is 18.9 Å². The Morgan fingerprint density at radius 3 is 1.04 bits per heavy atom. The molecule has 0 amide bonds. The summed E-state index contributed by atoms with van der Waals surface area (Å²) in [5, 5.41) is 27.7. The van der Waals surface area contributed by atoms with E-state index in [0.29, 0.717) is 0 Å². The first-order valence-electron chi connectivity index (χ1n) is 37.2. The van der Waals surface area contributed by atoms with Crippen molar-refractivity contribution < 1.29 is 8.83 Å². The summed E-state index contributed by atoms with van der Waals surface area (Å²) < 4.78 is 18.3. The Bertz CT molecular complexity index is 7870. The molecule has 0 atom stereocenters. The van der Waals surface area contributed by atoms with Gasteiger partial charge in [-0.15, -0.1) is 0 Å². The molecule has 5 aromatic heterocycles. The Hall–Kier alpha value is -14.2. The summed E-state index contributed by atoms with van der Waals surface area (Å²) in [7, 11) is 0. The average molecular weight is 1380 g/mol. The van der Waals surface area contributed by atoms with Crippen LogP contribution < -0.4 is 0 Å². The number of hydrogen-bond donors (Lipinski definition) is 0. The van der Waals surface area contributed by atoms with Crippen molar-refractivity contribution in [3.05, 3.63) is 352 Å². The second-order valence-corrected chi connectivity index (χ2v) is 28.7. The summed E-state index contributed by atoms with van der Waals surface area (Å²) in [5.41, 5.74) is 20.8. The SMILES string of the molecule is CCc1nc2ccccc2n1-c1ccc(-c2c3ccccc3c(-c3ccc4c(c3)oc3c5ccccc5c5ccccc5c43)c3ccccc23)cc1.c1ccc2c(c1)nc1c3ccccc3c3cc(-c4c5ccccc5c(-c5ccc6c(c5)oc5c7ccccc7c7ccccc7c65)c5ccccc45)ccc3n21. The van der Waals surface area contributed by atoms with Crippen LogP contribution in [0.5, 0.6) is 0 Å². The predicted molar refractivity (Wildman–Crippen MR) is 455 cm³/mol. The fourth-order valence-electron chi connectivity index (χ4n) is 18.5. The molecule has 0 aliphatic rings. The summed E-state index contributed by atoms with van der Waals surface area (Å²) >= 11 is 0. The first-order chi connectivity index (χ1) is 53.6. The number of aryl methyl sites for hydroxylation is 1. The number of rotatable bonds is 6. The zero-order chi connectivity index (χ0) is 70.8. The summed E-state index contributed by atoms with van der Waals surface area (Å²) in [4.78, 5) is 10.0. The molecule has 0 saturated carbocycles. The normalized spacial score (nSPS) is 12.2. The van der Waals surface area contributed by atoms with Crippen LogP contribution >= 0.6 is 0 Å². The third-order valence-corrected chi connectivity index (χ3v) is 23.0. The molecule has 5 heterocycles. The Labute approximate surface area is 618 Å². The van der Waals surface area contributed by atoms with Gasteiger partial charge in [0.2, 0.25) is 0 Å². The van der Waals surface area contributed by atoms with Gasteiger partial charge in [-0.25, -0.2) is 9.97 Å². The highest BCUT2D eigenvalue weighted by Crippen LogP contribution is 2.50. The number of pyridine rings is 1. The lowest BCUT2D eigenvalue weighted by Crippen LogP contribution is -2.00. The summed E-state index contributed by atoms with van der Waals surface area (Å²) in [6.45, 7) is 2.17. The van der Waals surface area contributed by atoms with Gasteiger partial charge in [-0.05, 0) is 198 Å². The molecular weight excluding hydrogens is 1310 g/mol. The minimum absolute atomic E-state index is 0.861. The molecule has 19 aromatic carbocycles. The lowest BCUT2D eigenvalue weighted by atomic mass is 9.85. The van der Waals surface area contributed by atoms with Crippen LogP contribution in [0.1, 0.15) is 12.7 Å². The highest BCUT2D eigenvalue weighted by Gasteiger charge is 2.25. The number of imidazole rings is 2. The van der Waals surface area contributed by atoms with Crippen molar-refractivity contribution in [3.63, 3.8) is 0 Å². The van der Waals surface area contributed by atoms with Gasteiger partial charge in [-0.2, -0.15) is 0 Å². The Morgan fingerprint density at radius 1 is 0.250 bits per heavy atom. The van der Waals surface area contributed by atoms with E-state index in [1.165, 1.54) is 130 Å². The molecule has 0 unspecified atom stereocenters. The maximum absolute atomic E-state index is 6.87. The minimum Gasteiger partial charge on any atom is -0.455 e. The van der Waals surface area contributed by atoms with Crippen molar-refractivity contribution in [2.75, 3.05) is 0 Å². The van der Waals surface area contributed by atoms with E-state index in [1.807, 2.05) is 0 Å². The van der Waals surface area contributed by atoms with Gasteiger partial charge in [0.05, 0.1) is 27.6 Å². The molecule has 6 heteroatoms. The fraction of sp³-hybridized carbons (Fsp3) is 0.0196. The number of benzene rings is 19. The van der Waals surface area contributed by atoms with E-state index in [-0.39, 0.29) is 0 Å². The van der Waals surface area contributed by atoms with E-state index in [2.05, 4.69) is 362 Å². The van der Waals surface area contributed by atoms with Gasteiger partial charge in [0.1, 0.15) is 33.8 Å². The highest BCUT2D eigenvalue weighted by atomic mass is 16.3. The molecule has 0 radical (unpaired) electrons. The van der Waals surface area contributed by atoms with Crippen LogP contribution in [0.3, 0.4) is 0 Å². The molecular formula is C102H62N4O2. The standard InChI is InChI=1S/C53H30N2O.C49H32N2O/c1-4-16-36-33(13-1)34-14-2-9-21-41(34)52-51(36)43-27-25-32(30-48(43)56-52)50-39-19-7-5-17-37(39)49(38-18-6-8-20-40(38)50)31-26-28-46-44(29-31)35-15-3-10-22-42(35)53-54-45-23-11-12-24-47(45)55(46)53;1-2-45-50-42-21-11-12-22-43(42)51(45)32-26-23-30(24-27-32)46-36-16-6-8-18-38(36)47(39-19-9-7-17-37(39)46)31-25-28-41-44(29-31)52-49-40-20-10-4-14-34(40)33-13-3-5-15-35(33)48(41)49/h1-30H;3-29H,2H2,1H3. The number of para-hydroxylation sites is 4. The van der Waals surface area contributed by atoms with E-state index < -0.39 is 0 Å².